The smallest absolute Gasteiger partial charge is 0.256 e. The maximum absolute atomic E-state index is 13.3. The number of nitrogens with one attached hydrogen (secondary N) is 1. The van der Waals surface area contributed by atoms with E-state index in [0.29, 0.717) is 24.4 Å². The van der Waals surface area contributed by atoms with Gasteiger partial charge in [0.15, 0.2) is 0 Å². The first-order chi connectivity index (χ1) is 16.0. The van der Waals surface area contributed by atoms with E-state index in [4.69, 9.17) is 9.40 Å². The molecule has 1 N–H and O–H groups in total. The molecule has 1 aliphatic heterocycles. The van der Waals surface area contributed by atoms with Gasteiger partial charge in [0.05, 0.1) is 19.1 Å². The van der Waals surface area contributed by atoms with Crippen molar-refractivity contribution in [3.63, 3.8) is 0 Å². The largest absolute Gasteiger partial charge is 0.472 e. The summed E-state index contributed by atoms with van der Waals surface area (Å²) < 4.78 is 8.14. The van der Waals surface area contributed by atoms with Crippen LogP contribution in [0.15, 0.2) is 56.5 Å². The highest BCUT2D eigenvalue weighted by Crippen LogP contribution is 2.48. The molecule has 0 radical (unpaired) electrons. The van der Waals surface area contributed by atoms with E-state index in [9.17, 15) is 4.79 Å². The number of rotatable bonds is 5. The Morgan fingerprint density at radius 3 is 2.61 bits per heavy atom. The minimum absolute atomic E-state index is 0.0251. The van der Waals surface area contributed by atoms with Crippen LogP contribution in [0.25, 0.3) is 33.6 Å². The van der Waals surface area contributed by atoms with Gasteiger partial charge in [-0.3, -0.25) is 9.36 Å². The van der Waals surface area contributed by atoms with E-state index in [2.05, 4.69) is 36.6 Å². The fraction of sp³-hybridized carbons (Fsp3) is 0.208. The van der Waals surface area contributed by atoms with Crippen molar-refractivity contribution in [2.75, 3.05) is 0 Å². The van der Waals surface area contributed by atoms with Gasteiger partial charge in [-0.25, -0.2) is 4.98 Å². The monoisotopic (exact) mass is 504 g/mol. The molecule has 33 heavy (non-hydrogen) atoms. The molecule has 0 bridgehead atoms. The molecule has 8 nitrogen and oxygen atoms in total. The van der Waals surface area contributed by atoms with Gasteiger partial charge in [0.1, 0.15) is 5.82 Å². The molecule has 0 amide bonds. The van der Waals surface area contributed by atoms with Crippen LogP contribution in [0.2, 0.25) is 0 Å². The summed E-state index contributed by atoms with van der Waals surface area (Å²) in [5, 5.41) is 14.6. The molecule has 0 fully saturated rings. The maximum atomic E-state index is 13.3. The van der Waals surface area contributed by atoms with E-state index in [-0.39, 0.29) is 5.56 Å². The summed E-state index contributed by atoms with van der Waals surface area (Å²) in [6.07, 6.45) is 4.01. The highest BCUT2D eigenvalue weighted by Gasteiger charge is 2.27. The SMILES string of the molecule is CCc1nc(C)c(C)c(=O)n1Cc1c2ccocc-2c(Br)c1-c1ccccc1-c1nn[nH]n1. The minimum Gasteiger partial charge on any atom is -0.472 e. The summed E-state index contributed by atoms with van der Waals surface area (Å²) in [6.45, 7) is 6.09. The van der Waals surface area contributed by atoms with Crippen molar-refractivity contribution >= 4 is 15.9 Å². The molecule has 5 rings (SSSR count). The first-order valence-electron chi connectivity index (χ1n) is 10.6. The van der Waals surface area contributed by atoms with Crippen LogP contribution in [0.3, 0.4) is 0 Å². The normalized spacial score (nSPS) is 11.4. The Morgan fingerprint density at radius 2 is 1.88 bits per heavy atom. The summed E-state index contributed by atoms with van der Waals surface area (Å²) in [4.78, 5) is 18.0. The first-order valence-corrected chi connectivity index (χ1v) is 11.4. The van der Waals surface area contributed by atoms with Crippen molar-refractivity contribution in [1.82, 2.24) is 30.2 Å². The summed E-state index contributed by atoms with van der Waals surface area (Å²) >= 11 is 3.80. The fourth-order valence-electron chi connectivity index (χ4n) is 4.22. The lowest BCUT2D eigenvalue weighted by Crippen LogP contribution is -2.28. The number of fused-ring (bicyclic) bond motifs is 1. The third-order valence-electron chi connectivity index (χ3n) is 6.00. The van der Waals surface area contributed by atoms with Gasteiger partial charge in [-0.05, 0) is 57.7 Å². The third-order valence-corrected chi connectivity index (χ3v) is 6.83. The fourth-order valence-corrected chi connectivity index (χ4v) is 4.98. The van der Waals surface area contributed by atoms with Crippen molar-refractivity contribution in [3.05, 3.63) is 80.3 Å². The molecule has 166 valence electrons. The summed E-state index contributed by atoms with van der Waals surface area (Å²) in [5.74, 6) is 1.25. The van der Waals surface area contributed by atoms with Crippen molar-refractivity contribution < 1.29 is 4.42 Å². The van der Waals surface area contributed by atoms with Crippen LogP contribution in [0.5, 0.6) is 0 Å². The highest BCUT2D eigenvalue weighted by atomic mass is 79.9. The second-order valence-electron chi connectivity index (χ2n) is 7.82. The van der Waals surface area contributed by atoms with Crippen molar-refractivity contribution in [3.8, 4) is 33.6 Å². The van der Waals surface area contributed by atoms with E-state index in [1.54, 1.807) is 17.1 Å². The molecule has 0 saturated carbocycles. The Balaban J connectivity index is 1.80. The van der Waals surface area contributed by atoms with E-state index >= 15 is 0 Å². The number of halogens is 1. The maximum Gasteiger partial charge on any atom is 0.256 e. The molecule has 2 aromatic heterocycles. The molecule has 0 saturated heterocycles. The number of hydrogen-bond donors (Lipinski definition) is 1. The van der Waals surface area contributed by atoms with Gasteiger partial charge in [0.25, 0.3) is 5.56 Å². The molecule has 1 aromatic carbocycles. The topological polar surface area (TPSA) is 102 Å². The van der Waals surface area contributed by atoms with Gasteiger partial charge in [-0.2, -0.15) is 5.21 Å². The van der Waals surface area contributed by atoms with E-state index in [0.717, 1.165) is 49.4 Å². The molecule has 0 atom stereocenters. The third kappa shape index (κ3) is 3.48. The number of H-pyrrole nitrogens is 1. The predicted molar refractivity (Wildman–Crippen MR) is 128 cm³/mol. The van der Waals surface area contributed by atoms with Crippen LogP contribution < -0.4 is 5.56 Å². The van der Waals surface area contributed by atoms with Crippen molar-refractivity contribution in [2.24, 2.45) is 0 Å². The van der Waals surface area contributed by atoms with Gasteiger partial charge in [0, 0.05) is 38.8 Å². The zero-order chi connectivity index (χ0) is 23.1. The number of hydrogen-bond acceptors (Lipinski definition) is 6. The van der Waals surface area contributed by atoms with Crippen LogP contribution in [0.4, 0.5) is 0 Å². The van der Waals surface area contributed by atoms with Crippen molar-refractivity contribution in [1.29, 1.82) is 0 Å². The standard InChI is InChI=1S/C24H21BrN6O2/c1-4-20-26-14(3)13(2)24(32)31(20)11-18-15-9-10-33-12-19(15)22(25)21(18)16-7-5-6-8-17(16)23-27-29-30-28-23/h5-10,12H,4,11H2,1-3H3,(H,27,28,29,30). The average Bonchev–Trinajstić information content (AvgIpc) is 3.47. The van der Waals surface area contributed by atoms with Gasteiger partial charge in [-0.15, -0.1) is 10.2 Å². The molecule has 1 aliphatic carbocycles. The lowest BCUT2D eigenvalue weighted by Gasteiger charge is -2.16. The molecule has 3 aromatic rings. The number of aryl methyl sites for hydroxylation is 2. The predicted octanol–water partition coefficient (Wildman–Crippen LogP) is 4.78. The van der Waals surface area contributed by atoms with Gasteiger partial charge in [-0.1, -0.05) is 31.2 Å². The Hall–Kier alpha value is -3.59. The van der Waals surface area contributed by atoms with Crippen LogP contribution in [-0.2, 0) is 13.0 Å². The van der Waals surface area contributed by atoms with E-state index < -0.39 is 0 Å². The second-order valence-corrected chi connectivity index (χ2v) is 8.61. The van der Waals surface area contributed by atoms with Gasteiger partial charge < -0.3 is 4.42 Å². The van der Waals surface area contributed by atoms with Gasteiger partial charge >= 0.3 is 0 Å². The first kappa shape index (κ1) is 21.3. The molecular weight excluding hydrogens is 484 g/mol. The molecule has 3 heterocycles. The van der Waals surface area contributed by atoms with Gasteiger partial charge in [0.2, 0.25) is 5.82 Å². The molecule has 0 unspecified atom stereocenters. The Bertz CT molecular complexity index is 1490. The van der Waals surface area contributed by atoms with Crippen LogP contribution in [0.1, 0.15) is 29.6 Å². The number of aromatic amines is 1. The van der Waals surface area contributed by atoms with E-state index in [1.165, 1.54) is 0 Å². The minimum atomic E-state index is -0.0251. The van der Waals surface area contributed by atoms with Crippen molar-refractivity contribution in [2.45, 2.75) is 33.7 Å². The molecule has 2 aliphatic rings. The van der Waals surface area contributed by atoms with Crippen LogP contribution >= 0.6 is 15.9 Å². The number of nitrogens with zero attached hydrogens (tertiary/aromatic N) is 5. The Morgan fingerprint density at radius 1 is 1.09 bits per heavy atom. The highest BCUT2D eigenvalue weighted by molar-refractivity contribution is 9.10. The van der Waals surface area contributed by atoms with E-state index in [1.807, 2.05) is 51.1 Å². The Labute approximate surface area is 198 Å². The summed E-state index contributed by atoms with van der Waals surface area (Å²) in [5.41, 5.74) is 7.04. The molecular formula is C24H21BrN6O2. The molecule has 9 heteroatoms. The lowest BCUT2D eigenvalue weighted by atomic mass is 9.97. The molecule has 0 spiro atoms. The van der Waals surface area contributed by atoms with Crippen LogP contribution in [-0.4, -0.2) is 30.2 Å². The average molecular weight is 505 g/mol. The summed E-state index contributed by atoms with van der Waals surface area (Å²) in [6, 6.07) is 9.82. The second kappa shape index (κ2) is 8.40. The number of benzene rings is 1. The number of tetrazole rings is 1. The zero-order valence-electron chi connectivity index (χ0n) is 18.4. The Kier molecular flexibility index (Phi) is 5.41. The number of aromatic nitrogens is 6. The van der Waals surface area contributed by atoms with Crippen LogP contribution in [0, 0.1) is 13.8 Å². The zero-order valence-corrected chi connectivity index (χ0v) is 20.0. The quantitative estimate of drug-likeness (QED) is 0.369. The summed E-state index contributed by atoms with van der Waals surface area (Å²) in [7, 11) is 0. The lowest BCUT2D eigenvalue weighted by molar-refractivity contribution is 0.551.